The number of aliphatic imine (C=N–C) groups is 1. The second-order valence-corrected chi connectivity index (χ2v) is 7.63. The Kier molecular flexibility index (Phi) is 4.62. The molecule has 2 heterocycles. The summed E-state index contributed by atoms with van der Waals surface area (Å²) in [7, 11) is 0. The molecule has 1 atom stereocenters. The van der Waals surface area contributed by atoms with Gasteiger partial charge in [0.2, 0.25) is 13.0 Å². The molecule has 0 saturated carbocycles. The van der Waals surface area contributed by atoms with Crippen LogP contribution in [-0.4, -0.2) is 36.3 Å². The fourth-order valence-electron chi connectivity index (χ4n) is 3.05. The van der Waals surface area contributed by atoms with Gasteiger partial charge < -0.3 is 19.5 Å². The highest BCUT2D eigenvalue weighted by molar-refractivity contribution is 6.20. The van der Waals surface area contributed by atoms with E-state index >= 15 is 0 Å². The maximum absolute atomic E-state index is 12.7. The van der Waals surface area contributed by atoms with Gasteiger partial charge in [0.1, 0.15) is 5.60 Å². The lowest BCUT2D eigenvalue weighted by Crippen LogP contribution is -2.44. The van der Waals surface area contributed by atoms with Crippen LogP contribution in [0.15, 0.2) is 47.5 Å². The number of nitrogens with one attached hydrogen (secondary N) is 2. The molecule has 2 N–H and O–H groups in total. The van der Waals surface area contributed by atoms with Crippen LogP contribution in [0, 0.1) is 0 Å². The van der Waals surface area contributed by atoms with E-state index in [9.17, 15) is 9.59 Å². The van der Waals surface area contributed by atoms with Gasteiger partial charge in [-0.1, -0.05) is 18.2 Å². The minimum atomic E-state index is -1.15. The predicted molar refractivity (Wildman–Crippen MR) is 106 cm³/mol. The number of para-hydroxylation sites is 1. The van der Waals surface area contributed by atoms with E-state index in [1.807, 2.05) is 24.3 Å². The first kappa shape index (κ1) is 18.8. The smallest absolute Gasteiger partial charge is 0.409 e. The molecule has 0 fully saturated rings. The van der Waals surface area contributed by atoms with Gasteiger partial charge in [0, 0.05) is 11.1 Å². The van der Waals surface area contributed by atoms with Crippen LogP contribution in [-0.2, 0) is 9.53 Å². The van der Waals surface area contributed by atoms with Gasteiger partial charge in [0.05, 0.1) is 11.4 Å². The Hall–Kier alpha value is -3.55. The summed E-state index contributed by atoms with van der Waals surface area (Å²) < 4.78 is 16.1. The Morgan fingerprint density at radius 2 is 1.93 bits per heavy atom. The number of hydrogen-bond donors (Lipinski definition) is 2. The van der Waals surface area contributed by atoms with Crippen molar-refractivity contribution in [3.63, 3.8) is 0 Å². The highest BCUT2D eigenvalue weighted by Crippen LogP contribution is 2.34. The van der Waals surface area contributed by atoms with Gasteiger partial charge >= 0.3 is 6.09 Å². The molecule has 4 rings (SSSR count). The van der Waals surface area contributed by atoms with Crippen molar-refractivity contribution in [2.75, 3.05) is 12.1 Å². The summed E-state index contributed by atoms with van der Waals surface area (Å²) in [5.41, 5.74) is 1.90. The van der Waals surface area contributed by atoms with Crippen molar-refractivity contribution in [2.24, 2.45) is 4.99 Å². The van der Waals surface area contributed by atoms with Gasteiger partial charge in [0.15, 0.2) is 11.5 Å². The van der Waals surface area contributed by atoms with Gasteiger partial charge in [-0.2, -0.15) is 0 Å². The third-order valence-corrected chi connectivity index (χ3v) is 4.25. The van der Waals surface area contributed by atoms with E-state index in [0.29, 0.717) is 22.9 Å². The molecule has 8 nitrogen and oxygen atoms in total. The van der Waals surface area contributed by atoms with Crippen LogP contribution < -0.4 is 20.1 Å². The SMILES string of the molecule is CC(C)(C)OC(=O)NC1N=C(c2ccc3c(c2)OCO3)c2ccccc2NC1=O. The van der Waals surface area contributed by atoms with Gasteiger partial charge in [0.25, 0.3) is 5.91 Å². The lowest BCUT2D eigenvalue weighted by atomic mass is 10.0. The largest absolute Gasteiger partial charge is 0.454 e. The number of rotatable bonds is 2. The highest BCUT2D eigenvalue weighted by Gasteiger charge is 2.29. The molecule has 0 radical (unpaired) electrons. The Morgan fingerprint density at radius 3 is 2.72 bits per heavy atom. The fourth-order valence-corrected chi connectivity index (χ4v) is 3.05. The summed E-state index contributed by atoms with van der Waals surface area (Å²) >= 11 is 0. The molecule has 2 aliphatic heterocycles. The summed E-state index contributed by atoms with van der Waals surface area (Å²) in [4.78, 5) is 29.5. The molecule has 0 aromatic heterocycles. The number of carbonyl (C=O) groups is 2. The number of ether oxygens (including phenoxy) is 3. The van der Waals surface area contributed by atoms with Crippen molar-refractivity contribution in [1.82, 2.24) is 5.32 Å². The molecule has 0 saturated heterocycles. The van der Waals surface area contributed by atoms with E-state index in [1.165, 1.54) is 0 Å². The summed E-state index contributed by atoms with van der Waals surface area (Å²) in [5.74, 6) is 0.788. The molecule has 2 amide bonds. The van der Waals surface area contributed by atoms with Crippen LogP contribution in [0.1, 0.15) is 31.9 Å². The molecule has 8 heteroatoms. The monoisotopic (exact) mass is 395 g/mol. The number of benzodiazepines with no additional fused rings is 1. The molecule has 1 unspecified atom stereocenters. The van der Waals surface area contributed by atoms with Gasteiger partial charge in [-0.25, -0.2) is 9.79 Å². The van der Waals surface area contributed by atoms with Crippen molar-refractivity contribution in [3.05, 3.63) is 53.6 Å². The van der Waals surface area contributed by atoms with Crippen LogP contribution in [0.2, 0.25) is 0 Å². The van der Waals surface area contributed by atoms with E-state index in [4.69, 9.17) is 14.2 Å². The molecule has 0 spiro atoms. The van der Waals surface area contributed by atoms with Gasteiger partial charge in [-0.05, 0) is 45.0 Å². The first-order valence-corrected chi connectivity index (χ1v) is 9.18. The summed E-state index contributed by atoms with van der Waals surface area (Å²) in [5, 5.41) is 5.35. The van der Waals surface area contributed by atoms with E-state index in [0.717, 1.165) is 11.1 Å². The van der Waals surface area contributed by atoms with Crippen molar-refractivity contribution >= 4 is 23.4 Å². The second-order valence-electron chi connectivity index (χ2n) is 7.63. The van der Waals surface area contributed by atoms with Crippen LogP contribution in [0.3, 0.4) is 0 Å². The van der Waals surface area contributed by atoms with Crippen molar-refractivity contribution in [1.29, 1.82) is 0 Å². The van der Waals surface area contributed by atoms with Crippen LogP contribution in [0.5, 0.6) is 11.5 Å². The van der Waals surface area contributed by atoms with Crippen molar-refractivity contribution < 1.29 is 23.8 Å². The number of amides is 2. The van der Waals surface area contributed by atoms with Gasteiger partial charge in [-0.15, -0.1) is 0 Å². The average Bonchev–Trinajstić information content (AvgIpc) is 3.06. The highest BCUT2D eigenvalue weighted by atomic mass is 16.7. The van der Waals surface area contributed by atoms with E-state index in [1.54, 1.807) is 39.0 Å². The second kappa shape index (κ2) is 7.12. The maximum atomic E-state index is 12.7. The molecular weight excluding hydrogens is 374 g/mol. The molecule has 0 aliphatic carbocycles. The normalized spacial score (nSPS) is 17.6. The Labute approximate surface area is 167 Å². The van der Waals surface area contributed by atoms with Crippen LogP contribution >= 0.6 is 0 Å². The number of benzene rings is 2. The van der Waals surface area contributed by atoms with Crippen LogP contribution in [0.4, 0.5) is 10.5 Å². The molecule has 2 aromatic rings. The Bertz CT molecular complexity index is 1010. The third kappa shape index (κ3) is 4.01. The average molecular weight is 395 g/mol. The third-order valence-electron chi connectivity index (χ3n) is 4.25. The molecule has 2 aliphatic rings. The van der Waals surface area contributed by atoms with Crippen LogP contribution in [0.25, 0.3) is 0 Å². The topological polar surface area (TPSA) is 98.2 Å². The number of carbonyl (C=O) groups excluding carboxylic acids is 2. The Balaban J connectivity index is 1.74. The number of fused-ring (bicyclic) bond motifs is 2. The Morgan fingerprint density at radius 1 is 1.17 bits per heavy atom. The standard InChI is InChI=1S/C21H21N3O5/c1-21(2,3)29-20(26)24-18-19(25)22-14-7-5-4-6-13(14)17(23-18)12-8-9-15-16(10-12)28-11-27-15/h4-10,18H,11H2,1-3H3,(H,22,25)(H,24,26). The minimum Gasteiger partial charge on any atom is -0.454 e. The number of nitrogens with zero attached hydrogens (tertiary/aromatic N) is 1. The zero-order valence-electron chi connectivity index (χ0n) is 16.3. The number of hydrogen-bond acceptors (Lipinski definition) is 6. The zero-order valence-corrected chi connectivity index (χ0v) is 16.3. The van der Waals surface area contributed by atoms with Crippen molar-refractivity contribution in [2.45, 2.75) is 32.5 Å². The molecule has 29 heavy (non-hydrogen) atoms. The first-order chi connectivity index (χ1) is 13.8. The number of anilines is 1. The lowest BCUT2D eigenvalue weighted by Gasteiger charge is -2.21. The first-order valence-electron chi connectivity index (χ1n) is 9.18. The molecule has 2 aromatic carbocycles. The van der Waals surface area contributed by atoms with E-state index in [-0.39, 0.29) is 6.79 Å². The van der Waals surface area contributed by atoms with Gasteiger partial charge in [-0.3, -0.25) is 10.1 Å². The van der Waals surface area contributed by atoms with E-state index in [2.05, 4.69) is 15.6 Å². The zero-order chi connectivity index (χ0) is 20.6. The summed E-state index contributed by atoms with van der Waals surface area (Å²) in [6, 6.07) is 12.7. The molecule has 150 valence electrons. The molecule has 0 bridgehead atoms. The molecular formula is C21H21N3O5. The quantitative estimate of drug-likeness (QED) is 0.814. The predicted octanol–water partition coefficient (Wildman–Crippen LogP) is 3.06. The fraction of sp³-hybridized carbons (Fsp3) is 0.286. The minimum absolute atomic E-state index is 0.157. The summed E-state index contributed by atoms with van der Waals surface area (Å²) in [6.45, 7) is 5.40. The summed E-state index contributed by atoms with van der Waals surface area (Å²) in [6.07, 6.45) is -1.88. The maximum Gasteiger partial charge on any atom is 0.409 e. The number of alkyl carbamates (subject to hydrolysis) is 1. The lowest BCUT2D eigenvalue weighted by molar-refractivity contribution is -0.118. The van der Waals surface area contributed by atoms with Crippen molar-refractivity contribution in [3.8, 4) is 11.5 Å². The van der Waals surface area contributed by atoms with E-state index < -0.39 is 23.8 Å².